The highest BCUT2D eigenvalue weighted by molar-refractivity contribution is 5.85. The predicted molar refractivity (Wildman–Crippen MR) is 100 cm³/mol. The minimum absolute atomic E-state index is 0.394. The molecule has 0 amide bonds. The van der Waals surface area contributed by atoms with E-state index < -0.39 is 5.97 Å². The molecule has 0 bridgehead atoms. The summed E-state index contributed by atoms with van der Waals surface area (Å²) in [5, 5.41) is 8.69. The van der Waals surface area contributed by atoms with Crippen molar-refractivity contribution in [3.8, 4) is 0 Å². The maximum absolute atomic E-state index is 10.6. The molecular formula is C21H30O2. The van der Waals surface area contributed by atoms with Crippen molar-refractivity contribution in [3.05, 3.63) is 72.4 Å². The lowest BCUT2D eigenvalue weighted by atomic mass is 10.2. The summed E-state index contributed by atoms with van der Waals surface area (Å²) >= 11 is 0. The third kappa shape index (κ3) is 16.1. The summed E-state index contributed by atoms with van der Waals surface area (Å²) in [6, 6.07) is 0. The zero-order valence-corrected chi connectivity index (χ0v) is 14.4. The number of hydrogen-bond acceptors (Lipinski definition) is 1. The zero-order chi connectivity index (χ0) is 17.2. The van der Waals surface area contributed by atoms with Gasteiger partial charge in [-0.25, -0.2) is 4.79 Å². The summed E-state index contributed by atoms with van der Waals surface area (Å²) in [6.45, 7) is 3.75. The molecule has 1 N–H and O–H groups in total. The van der Waals surface area contributed by atoms with E-state index in [0.717, 1.165) is 32.1 Å². The van der Waals surface area contributed by atoms with Crippen LogP contribution in [0, 0.1) is 0 Å². The van der Waals surface area contributed by atoms with Gasteiger partial charge in [0, 0.05) is 5.57 Å². The van der Waals surface area contributed by atoms with E-state index in [4.69, 9.17) is 5.11 Å². The number of allylic oxidation sites excluding steroid dienone is 11. The standard InChI is InChI=1S/C21H30O2/c1-3-4-5-6-7-8-9-10-11-12-13-14-15-16-17-18-19-20(2)21(22)23/h4-5,7-8,10-11,13-14,16-17,19H,3,6,9,12,15,18H2,1-2H3,(H,22,23)/b5-4-,8-7-,11-10-,14-13-,17-16-,20-19+. The maximum Gasteiger partial charge on any atom is 0.330 e. The highest BCUT2D eigenvalue weighted by Gasteiger charge is 1.95. The predicted octanol–water partition coefficient (Wildman–Crippen LogP) is 6.16. The lowest BCUT2D eigenvalue weighted by Gasteiger charge is -1.89. The minimum atomic E-state index is -0.850. The fraction of sp³-hybridized carbons (Fsp3) is 0.381. The van der Waals surface area contributed by atoms with E-state index in [1.807, 2.05) is 6.08 Å². The van der Waals surface area contributed by atoms with Gasteiger partial charge in [0.25, 0.3) is 0 Å². The van der Waals surface area contributed by atoms with Gasteiger partial charge >= 0.3 is 5.97 Å². The SMILES string of the molecule is CC/C=C\C/C=C\C/C=C\C/C=C\C/C=C\C/C=C(\C)C(=O)O. The number of aliphatic carboxylic acids is 1. The highest BCUT2D eigenvalue weighted by Crippen LogP contribution is 1.98. The van der Waals surface area contributed by atoms with E-state index in [-0.39, 0.29) is 0 Å². The fourth-order valence-corrected chi connectivity index (χ4v) is 1.68. The molecule has 0 aliphatic carbocycles. The molecule has 2 heteroatoms. The molecule has 0 spiro atoms. The van der Waals surface area contributed by atoms with Crippen LogP contribution in [0.5, 0.6) is 0 Å². The van der Waals surface area contributed by atoms with Crippen LogP contribution in [0.25, 0.3) is 0 Å². The average molecular weight is 314 g/mol. The van der Waals surface area contributed by atoms with Crippen molar-refractivity contribution in [1.82, 2.24) is 0 Å². The molecule has 0 aliphatic rings. The Morgan fingerprint density at radius 3 is 1.39 bits per heavy atom. The molecule has 0 atom stereocenters. The van der Waals surface area contributed by atoms with Gasteiger partial charge < -0.3 is 5.11 Å². The molecule has 23 heavy (non-hydrogen) atoms. The second-order valence-corrected chi connectivity index (χ2v) is 5.14. The molecule has 0 aromatic rings. The molecule has 126 valence electrons. The monoisotopic (exact) mass is 314 g/mol. The Balaban J connectivity index is 3.64. The number of carboxylic acids is 1. The fourth-order valence-electron chi connectivity index (χ4n) is 1.68. The van der Waals surface area contributed by atoms with Gasteiger partial charge in [0.05, 0.1) is 0 Å². The Kier molecular flexibility index (Phi) is 14.8. The minimum Gasteiger partial charge on any atom is -0.478 e. The van der Waals surface area contributed by atoms with Crippen LogP contribution < -0.4 is 0 Å². The van der Waals surface area contributed by atoms with Crippen molar-refractivity contribution in [2.24, 2.45) is 0 Å². The number of carboxylic acid groups (broad SMARTS) is 1. The Labute approximate surface area is 141 Å². The zero-order valence-electron chi connectivity index (χ0n) is 14.4. The topological polar surface area (TPSA) is 37.3 Å². The summed E-state index contributed by atoms with van der Waals surface area (Å²) in [7, 11) is 0. The first-order chi connectivity index (χ1) is 11.2. The van der Waals surface area contributed by atoms with Crippen molar-refractivity contribution in [2.45, 2.75) is 52.4 Å². The molecule has 0 aliphatic heterocycles. The van der Waals surface area contributed by atoms with Crippen LogP contribution >= 0.6 is 0 Å². The summed E-state index contributed by atoms with van der Waals surface area (Å²) in [5.41, 5.74) is 0.394. The van der Waals surface area contributed by atoms with Crippen LogP contribution in [-0.4, -0.2) is 11.1 Å². The first kappa shape index (κ1) is 20.9. The molecule has 0 radical (unpaired) electrons. The number of carbonyl (C=O) groups is 1. The number of hydrogen-bond donors (Lipinski definition) is 1. The van der Waals surface area contributed by atoms with Crippen LogP contribution in [-0.2, 0) is 4.79 Å². The van der Waals surface area contributed by atoms with Crippen LogP contribution in [0.2, 0.25) is 0 Å². The van der Waals surface area contributed by atoms with Gasteiger partial charge in [-0.15, -0.1) is 0 Å². The molecule has 2 nitrogen and oxygen atoms in total. The van der Waals surface area contributed by atoms with Gasteiger partial charge in [0.2, 0.25) is 0 Å². The molecule has 0 heterocycles. The molecule has 0 fully saturated rings. The Morgan fingerprint density at radius 1 is 0.696 bits per heavy atom. The number of rotatable bonds is 12. The summed E-state index contributed by atoms with van der Waals surface area (Å²) < 4.78 is 0. The van der Waals surface area contributed by atoms with Gasteiger partial charge in [-0.3, -0.25) is 0 Å². The van der Waals surface area contributed by atoms with E-state index in [1.165, 1.54) is 0 Å². The molecule has 0 unspecified atom stereocenters. The first-order valence-electron chi connectivity index (χ1n) is 8.33. The van der Waals surface area contributed by atoms with Crippen LogP contribution in [0.4, 0.5) is 0 Å². The molecule has 0 saturated heterocycles. The Morgan fingerprint density at radius 2 is 1.04 bits per heavy atom. The lowest BCUT2D eigenvalue weighted by molar-refractivity contribution is -0.132. The summed E-state index contributed by atoms with van der Waals surface area (Å²) in [4.78, 5) is 10.6. The smallest absolute Gasteiger partial charge is 0.330 e. The van der Waals surface area contributed by atoms with E-state index in [0.29, 0.717) is 12.0 Å². The summed E-state index contributed by atoms with van der Waals surface area (Å²) in [5.74, 6) is -0.850. The second-order valence-electron chi connectivity index (χ2n) is 5.14. The van der Waals surface area contributed by atoms with Gasteiger partial charge in [-0.2, -0.15) is 0 Å². The Hall–Kier alpha value is -2.09. The van der Waals surface area contributed by atoms with Gasteiger partial charge in [-0.05, 0) is 45.4 Å². The maximum atomic E-state index is 10.6. The van der Waals surface area contributed by atoms with Crippen molar-refractivity contribution in [1.29, 1.82) is 0 Å². The van der Waals surface area contributed by atoms with Crippen LogP contribution in [0.15, 0.2) is 72.4 Å². The van der Waals surface area contributed by atoms with E-state index >= 15 is 0 Å². The van der Waals surface area contributed by atoms with Gasteiger partial charge in [-0.1, -0.05) is 73.8 Å². The second kappa shape index (κ2) is 16.3. The normalized spacial score (nSPS) is 13.6. The highest BCUT2D eigenvalue weighted by atomic mass is 16.4. The van der Waals surface area contributed by atoms with Gasteiger partial charge in [0.15, 0.2) is 0 Å². The van der Waals surface area contributed by atoms with E-state index in [2.05, 4.69) is 61.6 Å². The Bertz CT molecular complexity index is 474. The third-order valence-corrected chi connectivity index (χ3v) is 3.06. The van der Waals surface area contributed by atoms with Crippen molar-refractivity contribution in [3.63, 3.8) is 0 Å². The quantitative estimate of drug-likeness (QED) is 0.346. The average Bonchev–Trinajstić information content (AvgIpc) is 2.54. The van der Waals surface area contributed by atoms with E-state index in [1.54, 1.807) is 13.0 Å². The molecule has 0 rings (SSSR count). The van der Waals surface area contributed by atoms with Crippen molar-refractivity contribution in [2.75, 3.05) is 0 Å². The van der Waals surface area contributed by atoms with Crippen LogP contribution in [0.3, 0.4) is 0 Å². The third-order valence-electron chi connectivity index (χ3n) is 3.06. The summed E-state index contributed by atoms with van der Waals surface area (Å²) in [6.07, 6.45) is 28.8. The molecule has 0 saturated carbocycles. The lowest BCUT2D eigenvalue weighted by Crippen LogP contribution is -1.94. The largest absolute Gasteiger partial charge is 0.478 e. The van der Waals surface area contributed by atoms with Gasteiger partial charge in [0.1, 0.15) is 0 Å². The first-order valence-corrected chi connectivity index (χ1v) is 8.33. The van der Waals surface area contributed by atoms with Crippen molar-refractivity contribution >= 4 is 5.97 Å². The molecule has 0 aromatic carbocycles. The van der Waals surface area contributed by atoms with Crippen LogP contribution in [0.1, 0.15) is 52.4 Å². The molecule has 0 aromatic heterocycles. The molecular weight excluding hydrogens is 284 g/mol. The van der Waals surface area contributed by atoms with E-state index in [9.17, 15) is 4.79 Å². The van der Waals surface area contributed by atoms with Crippen molar-refractivity contribution < 1.29 is 9.90 Å².